The standard InChI is InChI=1S/C12H26N2S/c1-4-5-11(13)6-7-14-8-9-15-12(2,3)10-14/h11H,4-10,13H2,1-3H3. The van der Waals surface area contributed by atoms with Crippen molar-refractivity contribution in [3.8, 4) is 0 Å². The fraction of sp³-hybridized carbons (Fsp3) is 1.00. The molecule has 0 aromatic rings. The molecule has 1 atom stereocenters. The van der Waals surface area contributed by atoms with E-state index in [4.69, 9.17) is 5.73 Å². The summed E-state index contributed by atoms with van der Waals surface area (Å²) in [5.41, 5.74) is 6.04. The van der Waals surface area contributed by atoms with Gasteiger partial charge in [0.15, 0.2) is 0 Å². The fourth-order valence-electron chi connectivity index (χ4n) is 2.17. The predicted octanol–water partition coefficient (Wildman–Crippen LogP) is 2.33. The summed E-state index contributed by atoms with van der Waals surface area (Å²) in [6, 6.07) is 0.410. The lowest BCUT2D eigenvalue weighted by molar-refractivity contribution is 0.249. The monoisotopic (exact) mass is 230 g/mol. The number of rotatable bonds is 5. The Bertz CT molecular complexity index is 182. The highest BCUT2D eigenvalue weighted by atomic mass is 32.2. The van der Waals surface area contributed by atoms with Crippen molar-refractivity contribution in [2.75, 3.05) is 25.4 Å². The molecule has 1 unspecified atom stereocenters. The van der Waals surface area contributed by atoms with Crippen molar-refractivity contribution < 1.29 is 0 Å². The summed E-state index contributed by atoms with van der Waals surface area (Å²) in [5, 5.41) is 0. The molecule has 1 aliphatic heterocycles. The minimum atomic E-state index is 0.410. The van der Waals surface area contributed by atoms with Gasteiger partial charge in [0.05, 0.1) is 0 Å². The minimum Gasteiger partial charge on any atom is -0.328 e. The van der Waals surface area contributed by atoms with E-state index in [-0.39, 0.29) is 0 Å². The van der Waals surface area contributed by atoms with Gasteiger partial charge >= 0.3 is 0 Å². The van der Waals surface area contributed by atoms with E-state index >= 15 is 0 Å². The van der Waals surface area contributed by atoms with Gasteiger partial charge < -0.3 is 10.6 Å². The number of nitrogens with two attached hydrogens (primary N) is 1. The van der Waals surface area contributed by atoms with Crippen LogP contribution >= 0.6 is 11.8 Å². The molecule has 1 heterocycles. The maximum absolute atomic E-state index is 6.04. The highest BCUT2D eigenvalue weighted by Gasteiger charge is 2.26. The lowest BCUT2D eigenvalue weighted by Gasteiger charge is -2.37. The molecule has 0 aromatic heterocycles. The van der Waals surface area contributed by atoms with Crippen LogP contribution in [-0.2, 0) is 0 Å². The quantitative estimate of drug-likeness (QED) is 0.786. The smallest absolute Gasteiger partial charge is 0.0231 e. The molecule has 1 saturated heterocycles. The van der Waals surface area contributed by atoms with Crippen LogP contribution < -0.4 is 5.73 Å². The Labute approximate surface area is 99.0 Å². The maximum Gasteiger partial charge on any atom is 0.0231 e. The average molecular weight is 230 g/mol. The number of nitrogens with zero attached hydrogens (tertiary/aromatic N) is 1. The third kappa shape index (κ3) is 5.23. The van der Waals surface area contributed by atoms with E-state index in [1.165, 1.54) is 38.2 Å². The molecule has 1 fully saturated rings. The van der Waals surface area contributed by atoms with Gasteiger partial charge in [-0.3, -0.25) is 0 Å². The average Bonchev–Trinajstić information content (AvgIpc) is 2.14. The molecule has 90 valence electrons. The third-order valence-corrected chi connectivity index (χ3v) is 4.28. The molecule has 0 spiro atoms. The summed E-state index contributed by atoms with van der Waals surface area (Å²) in [6.45, 7) is 10.5. The molecule has 2 nitrogen and oxygen atoms in total. The van der Waals surface area contributed by atoms with Gasteiger partial charge in [0, 0.05) is 29.6 Å². The van der Waals surface area contributed by atoms with Crippen LogP contribution in [0.2, 0.25) is 0 Å². The second-order valence-corrected chi connectivity index (χ2v) is 7.02. The number of hydrogen-bond acceptors (Lipinski definition) is 3. The van der Waals surface area contributed by atoms with E-state index in [9.17, 15) is 0 Å². The third-order valence-electron chi connectivity index (χ3n) is 2.98. The van der Waals surface area contributed by atoms with Crippen molar-refractivity contribution in [1.29, 1.82) is 0 Å². The molecule has 1 aliphatic rings. The van der Waals surface area contributed by atoms with E-state index in [1.54, 1.807) is 0 Å². The number of hydrogen-bond donors (Lipinski definition) is 1. The van der Waals surface area contributed by atoms with E-state index in [0.717, 1.165) is 6.42 Å². The molecular formula is C12H26N2S. The Hall–Kier alpha value is 0.270. The lowest BCUT2D eigenvalue weighted by atomic mass is 10.1. The molecule has 0 saturated carbocycles. The van der Waals surface area contributed by atoms with Crippen molar-refractivity contribution in [2.45, 2.75) is 50.8 Å². The molecule has 0 amide bonds. The van der Waals surface area contributed by atoms with Crippen LogP contribution in [0.5, 0.6) is 0 Å². The lowest BCUT2D eigenvalue weighted by Crippen LogP contribution is -2.44. The van der Waals surface area contributed by atoms with Crippen molar-refractivity contribution in [3.05, 3.63) is 0 Å². The van der Waals surface area contributed by atoms with E-state index in [1.807, 2.05) is 0 Å². The van der Waals surface area contributed by atoms with Gasteiger partial charge in [-0.15, -0.1) is 0 Å². The van der Waals surface area contributed by atoms with E-state index in [0.29, 0.717) is 10.8 Å². The fourth-order valence-corrected chi connectivity index (χ4v) is 3.34. The Morgan fingerprint density at radius 2 is 2.13 bits per heavy atom. The second kappa shape index (κ2) is 6.12. The van der Waals surface area contributed by atoms with Crippen molar-refractivity contribution in [1.82, 2.24) is 4.90 Å². The first-order valence-electron chi connectivity index (χ1n) is 6.15. The van der Waals surface area contributed by atoms with Crippen LogP contribution in [0.25, 0.3) is 0 Å². The van der Waals surface area contributed by atoms with Crippen LogP contribution in [0.3, 0.4) is 0 Å². The highest BCUT2D eigenvalue weighted by Crippen LogP contribution is 2.29. The summed E-state index contributed by atoms with van der Waals surface area (Å²) < 4.78 is 0.438. The summed E-state index contributed by atoms with van der Waals surface area (Å²) >= 11 is 2.10. The van der Waals surface area contributed by atoms with Crippen molar-refractivity contribution >= 4 is 11.8 Å². The van der Waals surface area contributed by atoms with Gasteiger partial charge in [-0.2, -0.15) is 11.8 Å². The minimum absolute atomic E-state index is 0.410. The maximum atomic E-state index is 6.04. The molecule has 0 aliphatic carbocycles. The van der Waals surface area contributed by atoms with Crippen LogP contribution in [0, 0.1) is 0 Å². The summed E-state index contributed by atoms with van der Waals surface area (Å²) in [7, 11) is 0. The van der Waals surface area contributed by atoms with E-state index < -0.39 is 0 Å². The number of thioether (sulfide) groups is 1. The van der Waals surface area contributed by atoms with Gasteiger partial charge in [-0.05, 0) is 33.2 Å². The van der Waals surface area contributed by atoms with Crippen molar-refractivity contribution in [2.24, 2.45) is 5.73 Å². The predicted molar refractivity (Wildman–Crippen MR) is 70.5 cm³/mol. The first kappa shape index (κ1) is 13.3. The molecule has 15 heavy (non-hydrogen) atoms. The normalized spacial score (nSPS) is 24.0. The summed E-state index contributed by atoms with van der Waals surface area (Å²) in [5.74, 6) is 1.27. The molecule has 0 bridgehead atoms. The van der Waals surface area contributed by atoms with E-state index in [2.05, 4.69) is 37.4 Å². The summed E-state index contributed by atoms with van der Waals surface area (Å²) in [6.07, 6.45) is 3.54. The molecule has 2 N–H and O–H groups in total. The van der Waals surface area contributed by atoms with Gasteiger partial charge in [0.25, 0.3) is 0 Å². The molecule has 0 aromatic carbocycles. The first-order chi connectivity index (χ1) is 7.03. The van der Waals surface area contributed by atoms with Crippen LogP contribution in [-0.4, -0.2) is 41.1 Å². The topological polar surface area (TPSA) is 29.3 Å². The van der Waals surface area contributed by atoms with Gasteiger partial charge in [0.2, 0.25) is 0 Å². The molecule has 1 rings (SSSR count). The Morgan fingerprint density at radius 1 is 1.40 bits per heavy atom. The van der Waals surface area contributed by atoms with Gasteiger partial charge in [0.1, 0.15) is 0 Å². The molecule has 0 radical (unpaired) electrons. The largest absolute Gasteiger partial charge is 0.328 e. The zero-order valence-corrected chi connectivity index (χ0v) is 11.3. The van der Waals surface area contributed by atoms with Gasteiger partial charge in [-0.1, -0.05) is 13.3 Å². The molecule has 3 heteroatoms. The zero-order valence-electron chi connectivity index (χ0n) is 10.5. The zero-order chi connectivity index (χ0) is 11.3. The second-order valence-electron chi connectivity index (χ2n) is 5.22. The van der Waals surface area contributed by atoms with Crippen LogP contribution in [0.15, 0.2) is 0 Å². The Balaban J connectivity index is 2.21. The Kier molecular flexibility index (Phi) is 5.44. The van der Waals surface area contributed by atoms with Gasteiger partial charge in [-0.25, -0.2) is 0 Å². The SMILES string of the molecule is CCCC(N)CCN1CCSC(C)(C)C1. The first-order valence-corrected chi connectivity index (χ1v) is 7.14. The molecular weight excluding hydrogens is 204 g/mol. The van der Waals surface area contributed by atoms with Crippen molar-refractivity contribution in [3.63, 3.8) is 0 Å². The Morgan fingerprint density at radius 3 is 2.73 bits per heavy atom. The van der Waals surface area contributed by atoms with Crippen LogP contribution in [0.4, 0.5) is 0 Å². The van der Waals surface area contributed by atoms with Crippen LogP contribution in [0.1, 0.15) is 40.0 Å². The summed E-state index contributed by atoms with van der Waals surface area (Å²) in [4.78, 5) is 2.58. The highest BCUT2D eigenvalue weighted by molar-refractivity contribution is 8.00.